The smallest absolute Gasteiger partial charge is 0.0858 e. The summed E-state index contributed by atoms with van der Waals surface area (Å²) < 4.78 is 0. The molecule has 0 saturated heterocycles. The number of hydrogen-bond acceptors (Lipinski definition) is 8. The van der Waals surface area contributed by atoms with Gasteiger partial charge in [0, 0.05) is 43.2 Å². The van der Waals surface area contributed by atoms with Crippen molar-refractivity contribution in [2.45, 2.75) is 25.9 Å². The molecule has 0 aromatic heterocycles. The Morgan fingerprint density at radius 2 is 1.52 bits per heavy atom. The number of nitrogens with zero attached hydrogens (tertiary/aromatic N) is 5. The topological polar surface area (TPSA) is 86.9 Å². The van der Waals surface area contributed by atoms with Gasteiger partial charge in [-0.25, -0.2) is 0 Å². The average molecular weight is 539 g/mol. The summed E-state index contributed by atoms with van der Waals surface area (Å²) >= 11 is 0. The van der Waals surface area contributed by atoms with E-state index in [-0.39, 0.29) is 25.3 Å². The van der Waals surface area contributed by atoms with Gasteiger partial charge in [-0.1, -0.05) is 24.3 Å². The molecule has 5 rings (SSSR count). The lowest BCUT2D eigenvalue weighted by molar-refractivity contribution is 0.281. The van der Waals surface area contributed by atoms with Crippen molar-refractivity contribution in [3.8, 4) is 0 Å². The van der Waals surface area contributed by atoms with Crippen molar-refractivity contribution in [3.05, 3.63) is 96.7 Å². The molecular weight excluding hydrogens is 500 g/mol. The van der Waals surface area contributed by atoms with Gasteiger partial charge in [-0.05, 0) is 80.6 Å². The van der Waals surface area contributed by atoms with E-state index in [0.717, 1.165) is 47.2 Å². The fourth-order valence-corrected chi connectivity index (χ4v) is 5.41. The molecule has 3 aromatic carbocycles. The highest BCUT2D eigenvalue weighted by molar-refractivity contribution is 5.84. The van der Waals surface area contributed by atoms with Crippen LogP contribution >= 0.6 is 0 Å². The predicted octanol–water partition coefficient (Wildman–Crippen LogP) is 5.86. The molecule has 8 nitrogen and oxygen atoms in total. The SMILES string of the molecule is CCN(CC)c1ccc2c(c1)N(c1ccccc1)C1C=C(N=Nc3ccc(N(CCO)CCO)cc3)C=CC1N2. The predicted molar refractivity (Wildman–Crippen MR) is 164 cm³/mol. The lowest BCUT2D eigenvalue weighted by Crippen LogP contribution is -2.47. The molecule has 0 fully saturated rings. The number of anilines is 5. The van der Waals surface area contributed by atoms with Gasteiger partial charge < -0.3 is 30.2 Å². The number of rotatable bonds is 11. The molecule has 8 heteroatoms. The highest BCUT2D eigenvalue weighted by atomic mass is 16.3. The lowest BCUT2D eigenvalue weighted by atomic mass is 9.94. The van der Waals surface area contributed by atoms with Crippen LogP contribution in [-0.2, 0) is 0 Å². The molecule has 1 heterocycles. The second kappa shape index (κ2) is 12.8. The number of aliphatic hydroxyl groups is 2. The van der Waals surface area contributed by atoms with Crippen molar-refractivity contribution in [2.75, 3.05) is 59.4 Å². The zero-order valence-corrected chi connectivity index (χ0v) is 23.2. The molecule has 2 unspecified atom stereocenters. The summed E-state index contributed by atoms with van der Waals surface area (Å²) in [5.74, 6) is 0. The number of allylic oxidation sites excluding steroid dienone is 1. The first-order valence-electron chi connectivity index (χ1n) is 14.0. The number of fused-ring (bicyclic) bond motifs is 2. The van der Waals surface area contributed by atoms with Gasteiger partial charge in [0.05, 0.1) is 48.1 Å². The van der Waals surface area contributed by atoms with Gasteiger partial charge in [-0.15, -0.1) is 0 Å². The van der Waals surface area contributed by atoms with E-state index in [1.54, 1.807) is 0 Å². The zero-order valence-electron chi connectivity index (χ0n) is 23.2. The molecule has 0 bridgehead atoms. The quantitative estimate of drug-likeness (QED) is 0.265. The first-order valence-corrected chi connectivity index (χ1v) is 14.0. The van der Waals surface area contributed by atoms with E-state index in [1.165, 1.54) is 5.69 Å². The van der Waals surface area contributed by atoms with Crippen molar-refractivity contribution in [1.29, 1.82) is 0 Å². The minimum Gasteiger partial charge on any atom is -0.395 e. The van der Waals surface area contributed by atoms with Crippen LogP contribution in [0.1, 0.15) is 13.8 Å². The highest BCUT2D eigenvalue weighted by Crippen LogP contribution is 2.43. The van der Waals surface area contributed by atoms with E-state index >= 15 is 0 Å². The van der Waals surface area contributed by atoms with Crippen LogP contribution in [0, 0.1) is 0 Å². The Hall–Kier alpha value is -4.14. The van der Waals surface area contributed by atoms with Crippen LogP contribution in [-0.4, -0.2) is 61.7 Å². The lowest BCUT2D eigenvalue weighted by Gasteiger charge is -2.44. The third-order valence-electron chi connectivity index (χ3n) is 7.44. The summed E-state index contributed by atoms with van der Waals surface area (Å²) in [5, 5.41) is 31.5. The minimum absolute atomic E-state index is 0.0219. The molecule has 0 amide bonds. The standard InChI is InChI=1S/C32H38N6O2/c1-3-36(4-2)28-15-17-30-32(23-28)38(27-8-6-5-7-9-27)31-22-25(12-16-29(31)33-30)35-34-24-10-13-26(14-11-24)37(18-20-39)19-21-40/h5-17,22-23,29,31,33,39-40H,3-4,18-21H2,1-2H3. The molecule has 2 atom stereocenters. The molecule has 3 aromatic rings. The van der Waals surface area contributed by atoms with Crippen molar-refractivity contribution < 1.29 is 10.2 Å². The second-order valence-electron chi connectivity index (χ2n) is 9.84. The van der Waals surface area contributed by atoms with Crippen molar-refractivity contribution in [1.82, 2.24) is 0 Å². The fraction of sp³-hybridized carbons (Fsp3) is 0.312. The van der Waals surface area contributed by atoms with Gasteiger partial charge in [0.2, 0.25) is 0 Å². The Balaban J connectivity index is 1.43. The highest BCUT2D eigenvalue weighted by Gasteiger charge is 2.34. The number of para-hydroxylation sites is 1. The summed E-state index contributed by atoms with van der Waals surface area (Å²) in [4.78, 5) is 6.70. The third-order valence-corrected chi connectivity index (χ3v) is 7.44. The van der Waals surface area contributed by atoms with E-state index in [1.807, 2.05) is 41.3 Å². The number of aliphatic hydroxyl groups excluding tert-OH is 2. The molecule has 0 radical (unpaired) electrons. The van der Waals surface area contributed by atoms with Crippen LogP contribution in [0.2, 0.25) is 0 Å². The normalized spacial score (nSPS) is 17.7. The van der Waals surface area contributed by atoms with Crippen LogP contribution in [0.5, 0.6) is 0 Å². The Morgan fingerprint density at radius 1 is 0.825 bits per heavy atom. The summed E-state index contributed by atoms with van der Waals surface area (Å²) in [6, 6.07) is 25.0. The van der Waals surface area contributed by atoms with Gasteiger partial charge in [0.1, 0.15) is 0 Å². The van der Waals surface area contributed by atoms with Crippen molar-refractivity contribution in [3.63, 3.8) is 0 Å². The van der Waals surface area contributed by atoms with Gasteiger partial charge in [-0.2, -0.15) is 10.2 Å². The van der Waals surface area contributed by atoms with Gasteiger partial charge in [-0.3, -0.25) is 0 Å². The summed E-state index contributed by atoms with van der Waals surface area (Å²) in [5.41, 5.74) is 7.07. The summed E-state index contributed by atoms with van der Waals surface area (Å²) in [7, 11) is 0. The van der Waals surface area contributed by atoms with Gasteiger partial charge in [0.25, 0.3) is 0 Å². The maximum absolute atomic E-state index is 9.32. The molecule has 3 N–H and O–H groups in total. The van der Waals surface area contributed by atoms with Gasteiger partial charge >= 0.3 is 0 Å². The first-order chi connectivity index (χ1) is 19.6. The molecule has 1 aliphatic carbocycles. The molecule has 0 saturated carbocycles. The molecule has 208 valence electrons. The summed E-state index contributed by atoms with van der Waals surface area (Å²) in [6.07, 6.45) is 6.37. The monoisotopic (exact) mass is 538 g/mol. The van der Waals surface area contributed by atoms with E-state index in [2.05, 4.69) is 93.8 Å². The van der Waals surface area contributed by atoms with Crippen LogP contribution < -0.4 is 20.0 Å². The van der Waals surface area contributed by atoms with Crippen LogP contribution in [0.3, 0.4) is 0 Å². The Bertz CT molecular complexity index is 1350. The Labute approximate surface area is 236 Å². The number of azo groups is 1. The van der Waals surface area contributed by atoms with Crippen molar-refractivity contribution in [2.24, 2.45) is 10.2 Å². The van der Waals surface area contributed by atoms with Crippen LogP contribution in [0.25, 0.3) is 0 Å². The Kier molecular flexibility index (Phi) is 8.78. The van der Waals surface area contributed by atoms with Crippen LogP contribution in [0.15, 0.2) is 107 Å². The minimum atomic E-state index is 0.0219. The molecule has 40 heavy (non-hydrogen) atoms. The molecule has 2 aliphatic rings. The van der Waals surface area contributed by atoms with E-state index in [9.17, 15) is 10.2 Å². The second-order valence-corrected chi connectivity index (χ2v) is 9.84. The number of benzene rings is 3. The number of hydrogen-bond donors (Lipinski definition) is 3. The van der Waals surface area contributed by atoms with E-state index < -0.39 is 0 Å². The fourth-order valence-electron chi connectivity index (χ4n) is 5.41. The first kappa shape index (κ1) is 27.4. The largest absolute Gasteiger partial charge is 0.395 e. The molecule has 1 aliphatic heterocycles. The third kappa shape index (κ3) is 5.88. The van der Waals surface area contributed by atoms with E-state index in [4.69, 9.17) is 0 Å². The maximum Gasteiger partial charge on any atom is 0.0858 e. The summed E-state index contributed by atoms with van der Waals surface area (Å²) in [6.45, 7) is 7.27. The van der Waals surface area contributed by atoms with Crippen molar-refractivity contribution >= 4 is 34.1 Å². The average Bonchev–Trinajstić information content (AvgIpc) is 3.00. The van der Waals surface area contributed by atoms with E-state index in [0.29, 0.717) is 13.1 Å². The Morgan fingerprint density at radius 3 is 2.20 bits per heavy atom. The number of nitrogens with one attached hydrogen (secondary N) is 1. The zero-order chi connectivity index (χ0) is 27.9. The maximum atomic E-state index is 9.32. The molecular formula is C32H38N6O2. The molecule has 0 spiro atoms. The van der Waals surface area contributed by atoms with Crippen LogP contribution in [0.4, 0.5) is 34.1 Å². The van der Waals surface area contributed by atoms with Gasteiger partial charge in [0.15, 0.2) is 0 Å².